The van der Waals surface area contributed by atoms with Gasteiger partial charge in [-0.3, -0.25) is 0 Å². The fourth-order valence-corrected chi connectivity index (χ4v) is 3.97. The van der Waals surface area contributed by atoms with Gasteiger partial charge in [0.25, 0.3) is 0 Å². The molecule has 1 atom stereocenters. The van der Waals surface area contributed by atoms with Gasteiger partial charge in [-0.05, 0) is 35.9 Å². The van der Waals surface area contributed by atoms with Gasteiger partial charge in [0.05, 0.1) is 28.6 Å². The van der Waals surface area contributed by atoms with E-state index in [1.54, 1.807) is 0 Å². The summed E-state index contributed by atoms with van der Waals surface area (Å²) in [5.41, 5.74) is 5.07. The molecule has 0 bridgehead atoms. The molecule has 1 unspecified atom stereocenters. The highest BCUT2D eigenvalue weighted by molar-refractivity contribution is 5.87. The van der Waals surface area contributed by atoms with E-state index in [2.05, 4.69) is 75.8 Å². The molecule has 4 nitrogen and oxygen atoms in total. The summed E-state index contributed by atoms with van der Waals surface area (Å²) in [4.78, 5) is 7.50. The molecule has 0 amide bonds. The van der Waals surface area contributed by atoms with E-state index >= 15 is 0 Å². The topological polar surface area (TPSA) is 40.3 Å². The van der Waals surface area contributed by atoms with Gasteiger partial charge in [0, 0.05) is 10.8 Å². The largest absolute Gasteiger partial charge is 0.306 e. The molecule has 2 aromatic rings. The first kappa shape index (κ1) is 12.2. The first-order valence-corrected chi connectivity index (χ1v) is 7.98. The zero-order valence-electron chi connectivity index (χ0n) is 12.7. The van der Waals surface area contributed by atoms with Crippen LogP contribution in [0.1, 0.15) is 5.56 Å². The summed E-state index contributed by atoms with van der Waals surface area (Å²) in [7, 11) is 0. The monoisotopic (exact) mass is 308 g/mol. The summed E-state index contributed by atoms with van der Waals surface area (Å²) in [6, 6.07) is 12.6. The van der Waals surface area contributed by atoms with Crippen molar-refractivity contribution in [3.63, 3.8) is 0 Å². The fraction of sp³-hybridized carbons (Fsp3) is 0.0500. The molecule has 0 N–H and O–H groups in total. The van der Waals surface area contributed by atoms with E-state index in [1.165, 1.54) is 16.8 Å². The van der Waals surface area contributed by atoms with Crippen LogP contribution in [0.5, 0.6) is 0 Å². The summed E-state index contributed by atoms with van der Waals surface area (Å²) in [5, 5.41) is 10.2. The molecule has 4 aliphatic rings. The predicted octanol–water partition coefficient (Wildman–Crippen LogP) is 3.51. The maximum absolute atomic E-state index is 5.17. The van der Waals surface area contributed by atoms with Crippen LogP contribution >= 0.6 is 0 Å². The Labute approximate surface area is 138 Å². The third kappa shape index (κ3) is 1.28. The number of allylic oxidation sites excluding steroid dienone is 2. The third-order valence-electron chi connectivity index (χ3n) is 5.02. The van der Waals surface area contributed by atoms with Gasteiger partial charge >= 0.3 is 0 Å². The highest BCUT2D eigenvalue weighted by Gasteiger charge is 2.46. The van der Waals surface area contributed by atoms with Crippen LogP contribution in [0.4, 0.5) is 17.1 Å². The molecule has 112 valence electrons. The van der Waals surface area contributed by atoms with Crippen molar-refractivity contribution in [2.24, 2.45) is 15.2 Å². The highest BCUT2D eigenvalue weighted by atomic mass is 15.3. The summed E-state index contributed by atoms with van der Waals surface area (Å²) in [6.07, 6.45) is 12.5. The van der Waals surface area contributed by atoms with Crippen LogP contribution in [0.2, 0.25) is 0 Å². The molecule has 0 fully saturated rings. The molecule has 0 aromatic heterocycles. The lowest BCUT2D eigenvalue weighted by Crippen LogP contribution is -2.44. The molecule has 1 spiro atoms. The molecule has 0 saturated carbocycles. The zero-order chi connectivity index (χ0) is 15.7. The van der Waals surface area contributed by atoms with Crippen molar-refractivity contribution < 1.29 is 0 Å². The number of rotatable bonds is 0. The molecule has 3 aliphatic heterocycles. The van der Waals surface area contributed by atoms with Crippen LogP contribution in [0, 0.1) is 0 Å². The second kappa shape index (κ2) is 3.97. The minimum Gasteiger partial charge on any atom is -0.306 e. The van der Waals surface area contributed by atoms with Crippen molar-refractivity contribution in [3.05, 3.63) is 82.4 Å². The molecule has 1 aliphatic carbocycles. The average Bonchev–Trinajstić information content (AvgIpc) is 3.21. The molecular weight excluding hydrogens is 296 g/mol. The van der Waals surface area contributed by atoms with E-state index in [0.717, 1.165) is 22.0 Å². The molecule has 4 heteroatoms. The smallest absolute Gasteiger partial charge is 0.182 e. The van der Waals surface area contributed by atoms with Gasteiger partial charge in [-0.25, -0.2) is 4.99 Å². The lowest BCUT2D eigenvalue weighted by atomic mass is 9.87. The SMILES string of the molecule is C1=CC2=Cc3ccccc3N3c4ccc5c(c4=NC23C=C1)=CN=N5. The number of benzene rings is 2. The highest BCUT2D eigenvalue weighted by Crippen LogP contribution is 2.48. The van der Waals surface area contributed by atoms with Gasteiger partial charge in [0.15, 0.2) is 5.66 Å². The number of anilines is 2. The molecule has 0 saturated heterocycles. The van der Waals surface area contributed by atoms with Gasteiger partial charge in [0.2, 0.25) is 0 Å². The molecule has 0 radical (unpaired) electrons. The standard InChI is InChI=1S/C20H12N4/c1-2-7-17-13(5-1)11-14-6-3-4-10-20(14)22-19-15-12-21-23-16(15)8-9-18(19)24(17)20/h1-12H. The van der Waals surface area contributed by atoms with E-state index in [9.17, 15) is 0 Å². The number of hydrogen-bond donors (Lipinski definition) is 0. The van der Waals surface area contributed by atoms with Crippen LogP contribution in [0.3, 0.4) is 0 Å². The number of nitrogens with zero attached hydrogens (tertiary/aromatic N) is 4. The van der Waals surface area contributed by atoms with Crippen LogP contribution in [0.15, 0.2) is 81.5 Å². The quantitative estimate of drug-likeness (QED) is 0.734. The normalized spacial score (nSPS) is 23.5. The number of para-hydroxylation sites is 1. The van der Waals surface area contributed by atoms with Gasteiger partial charge in [0.1, 0.15) is 0 Å². The molecule has 6 rings (SSSR count). The first-order valence-electron chi connectivity index (χ1n) is 7.98. The minimum absolute atomic E-state index is 0.503. The second-order valence-corrected chi connectivity index (χ2v) is 6.26. The van der Waals surface area contributed by atoms with Gasteiger partial charge < -0.3 is 4.90 Å². The van der Waals surface area contributed by atoms with Gasteiger partial charge in [-0.1, -0.05) is 36.4 Å². The summed E-state index contributed by atoms with van der Waals surface area (Å²) in [6.45, 7) is 0. The van der Waals surface area contributed by atoms with Crippen molar-refractivity contribution in [1.29, 1.82) is 0 Å². The van der Waals surface area contributed by atoms with Gasteiger partial charge in [-0.15, -0.1) is 0 Å². The Balaban J connectivity index is 1.78. The van der Waals surface area contributed by atoms with Crippen molar-refractivity contribution in [2.45, 2.75) is 5.66 Å². The van der Waals surface area contributed by atoms with E-state index in [0.29, 0.717) is 0 Å². The van der Waals surface area contributed by atoms with Crippen LogP contribution < -0.4 is 15.5 Å². The Bertz CT molecular complexity index is 1170. The lowest BCUT2D eigenvalue weighted by Gasteiger charge is -2.42. The average molecular weight is 308 g/mol. The van der Waals surface area contributed by atoms with Crippen molar-refractivity contribution >= 4 is 29.3 Å². The Hall–Kier alpha value is -3.27. The maximum atomic E-state index is 5.17. The third-order valence-corrected chi connectivity index (χ3v) is 5.02. The van der Waals surface area contributed by atoms with Crippen molar-refractivity contribution in [1.82, 2.24) is 0 Å². The second-order valence-electron chi connectivity index (χ2n) is 6.26. The number of fused-ring (bicyclic) bond motifs is 6. The van der Waals surface area contributed by atoms with Gasteiger partial charge in [-0.2, -0.15) is 10.2 Å². The fourth-order valence-electron chi connectivity index (χ4n) is 3.97. The summed E-state index contributed by atoms with van der Waals surface area (Å²) < 4.78 is 0. The van der Waals surface area contributed by atoms with Crippen LogP contribution in [-0.4, -0.2) is 5.66 Å². The zero-order valence-corrected chi connectivity index (χ0v) is 12.7. The van der Waals surface area contributed by atoms with E-state index in [4.69, 9.17) is 4.99 Å². The first-order chi connectivity index (χ1) is 11.9. The molecule has 24 heavy (non-hydrogen) atoms. The maximum Gasteiger partial charge on any atom is 0.182 e. The predicted molar refractivity (Wildman–Crippen MR) is 93.8 cm³/mol. The molecule has 2 aromatic carbocycles. The lowest BCUT2D eigenvalue weighted by molar-refractivity contribution is 0.649. The van der Waals surface area contributed by atoms with Crippen LogP contribution in [-0.2, 0) is 0 Å². The Kier molecular flexibility index (Phi) is 2.02. The summed E-state index contributed by atoms with van der Waals surface area (Å²) in [5.74, 6) is 0. The molecular formula is C20H12N4. The van der Waals surface area contributed by atoms with E-state index < -0.39 is 5.66 Å². The van der Waals surface area contributed by atoms with Crippen molar-refractivity contribution in [3.8, 4) is 0 Å². The molecule has 3 heterocycles. The van der Waals surface area contributed by atoms with Crippen LogP contribution in [0.25, 0.3) is 12.3 Å². The summed E-state index contributed by atoms with van der Waals surface area (Å²) >= 11 is 0. The van der Waals surface area contributed by atoms with E-state index in [1.807, 2.05) is 12.3 Å². The Morgan fingerprint density at radius 2 is 1.92 bits per heavy atom. The van der Waals surface area contributed by atoms with E-state index in [-0.39, 0.29) is 0 Å². The minimum atomic E-state index is -0.503. The number of azo groups is 1. The number of hydrogen-bond acceptors (Lipinski definition) is 4. The van der Waals surface area contributed by atoms with Crippen molar-refractivity contribution in [2.75, 3.05) is 4.90 Å². The Morgan fingerprint density at radius 3 is 2.92 bits per heavy atom. The Morgan fingerprint density at radius 1 is 0.958 bits per heavy atom.